The number of aromatic nitrogens is 2. The van der Waals surface area contributed by atoms with Crippen LogP contribution in [0.5, 0.6) is 0 Å². The van der Waals surface area contributed by atoms with Crippen LogP contribution in [-0.4, -0.2) is 24.3 Å². The molecule has 2 aromatic heterocycles. The van der Waals surface area contributed by atoms with Crippen molar-refractivity contribution in [2.45, 2.75) is 37.6 Å². The number of nitrogens with two attached hydrogens (primary N) is 1. The van der Waals surface area contributed by atoms with Gasteiger partial charge < -0.3 is 5.73 Å². The van der Waals surface area contributed by atoms with E-state index in [9.17, 15) is 8.42 Å². The summed E-state index contributed by atoms with van der Waals surface area (Å²) in [7, 11) is -3.63. The predicted molar refractivity (Wildman–Crippen MR) is 79.2 cm³/mol. The van der Waals surface area contributed by atoms with E-state index in [-0.39, 0.29) is 16.3 Å². The second-order valence-electron chi connectivity index (χ2n) is 5.39. The molecule has 1 aliphatic rings. The highest BCUT2D eigenvalue weighted by molar-refractivity contribution is 7.89. The van der Waals surface area contributed by atoms with Crippen molar-refractivity contribution in [2.75, 3.05) is 12.3 Å². The molecule has 2 aromatic rings. The number of nitrogens with zero attached hydrogens (tertiary/aromatic N) is 2. The van der Waals surface area contributed by atoms with Crippen LogP contribution in [0.2, 0.25) is 0 Å². The largest absolute Gasteiger partial charge is 0.381 e. The summed E-state index contributed by atoms with van der Waals surface area (Å²) in [6.45, 7) is 2.58. The summed E-state index contributed by atoms with van der Waals surface area (Å²) in [4.78, 5) is 4.67. The molecular weight excluding hydrogens is 296 g/mol. The molecule has 0 radical (unpaired) electrons. The van der Waals surface area contributed by atoms with E-state index in [2.05, 4.69) is 16.6 Å². The molecule has 0 spiro atoms. The number of anilines is 1. The van der Waals surface area contributed by atoms with E-state index in [0.29, 0.717) is 11.5 Å². The van der Waals surface area contributed by atoms with Crippen LogP contribution in [-0.2, 0) is 10.0 Å². The molecule has 0 aromatic carbocycles. The first kappa shape index (κ1) is 13.8. The highest BCUT2D eigenvalue weighted by Gasteiger charge is 2.37. The molecule has 110 valence electrons. The number of thiazole rings is 1. The molecule has 1 aliphatic carbocycles. The molecule has 3 rings (SSSR count). The lowest BCUT2D eigenvalue weighted by molar-refractivity contribution is 0.133. The number of nitrogen functional groups attached to an aromatic ring is 1. The zero-order valence-electron chi connectivity index (χ0n) is 11.3. The summed E-state index contributed by atoms with van der Waals surface area (Å²) in [6.07, 6.45) is 6.02. The lowest BCUT2D eigenvalue weighted by Crippen LogP contribution is -2.42. The van der Waals surface area contributed by atoms with Crippen LogP contribution in [0, 0.1) is 5.41 Å². The number of rotatable bonds is 5. The average Bonchev–Trinajstić information content (AvgIpc) is 2.87. The Bertz CT molecular complexity index is 722. The molecule has 1 fully saturated rings. The highest BCUT2D eigenvalue weighted by atomic mass is 32.2. The predicted octanol–water partition coefficient (Wildman–Crippen LogP) is 1.84. The Balaban J connectivity index is 1.88. The molecule has 1 saturated carbocycles. The monoisotopic (exact) mass is 314 g/mol. The maximum Gasteiger partial charge on any atom is 0.260 e. The minimum Gasteiger partial charge on any atom is -0.381 e. The Labute approximate surface area is 122 Å². The third kappa shape index (κ3) is 2.11. The standard InChI is InChI=1S/C12H18N4O2S2/c1-2-12(4-3-5-12)8-14-20(17,18)10-9(13)15-11-16(10)6-7-19-11/h6-7,14H,2-5,8,13H2,1H3. The van der Waals surface area contributed by atoms with E-state index in [1.165, 1.54) is 22.2 Å². The van der Waals surface area contributed by atoms with Crippen molar-refractivity contribution in [3.05, 3.63) is 11.6 Å². The van der Waals surface area contributed by atoms with Gasteiger partial charge in [0, 0.05) is 18.1 Å². The normalized spacial score (nSPS) is 18.2. The van der Waals surface area contributed by atoms with Crippen LogP contribution < -0.4 is 10.5 Å². The Hall–Kier alpha value is -1.12. The molecule has 3 N–H and O–H groups in total. The Morgan fingerprint density at radius 1 is 1.55 bits per heavy atom. The number of sulfonamides is 1. The number of hydrogen-bond acceptors (Lipinski definition) is 5. The van der Waals surface area contributed by atoms with Crippen molar-refractivity contribution in [1.82, 2.24) is 14.1 Å². The number of fused-ring (bicyclic) bond motifs is 1. The number of nitrogens with one attached hydrogen (secondary N) is 1. The van der Waals surface area contributed by atoms with Gasteiger partial charge in [0.15, 0.2) is 15.8 Å². The SMILES string of the molecule is CCC1(CNS(=O)(=O)c2c(N)nc3sccn23)CCC1. The molecule has 20 heavy (non-hydrogen) atoms. The van der Waals surface area contributed by atoms with Crippen LogP contribution in [0.4, 0.5) is 5.82 Å². The van der Waals surface area contributed by atoms with E-state index in [1.54, 1.807) is 11.6 Å². The van der Waals surface area contributed by atoms with Gasteiger partial charge in [-0.2, -0.15) is 0 Å². The fourth-order valence-electron chi connectivity index (χ4n) is 2.70. The maximum absolute atomic E-state index is 12.5. The van der Waals surface area contributed by atoms with Gasteiger partial charge in [0.25, 0.3) is 10.0 Å². The zero-order chi connectivity index (χ0) is 14.4. The van der Waals surface area contributed by atoms with Gasteiger partial charge in [-0.05, 0) is 24.7 Å². The van der Waals surface area contributed by atoms with Crippen molar-refractivity contribution in [3.63, 3.8) is 0 Å². The Kier molecular flexibility index (Phi) is 3.26. The summed E-state index contributed by atoms with van der Waals surface area (Å²) < 4.78 is 29.2. The minimum absolute atomic E-state index is 0.0549. The summed E-state index contributed by atoms with van der Waals surface area (Å²) in [5.74, 6) is 0.0588. The Morgan fingerprint density at radius 3 is 2.90 bits per heavy atom. The van der Waals surface area contributed by atoms with E-state index >= 15 is 0 Å². The van der Waals surface area contributed by atoms with Gasteiger partial charge in [-0.1, -0.05) is 13.3 Å². The molecule has 2 heterocycles. The zero-order valence-corrected chi connectivity index (χ0v) is 12.9. The van der Waals surface area contributed by atoms with Gasteiger partial charge >= 0.3 is 0 Å². The molecule has 6 nitrogen and oxygen atoms in total. The molecule has 0 bridgehead atoms. The van der Waals surface area contributed by atoms with Gasteiger partial charge in [-0.15, -0.1) is 11.3 Å². The number of imidazole rings is 1. The smallest absolute Gasteiger partial charge is 0.260 e. The van der Waals surface area contributed by atoms with E-state index in [1.807, 2.05) is 0 Å². The molecule has 0 unspecified atom stereocenters. The lowest BCUT2D eigenvalue weighted by Gasteiger charge is -2.41. The lowest BCUT2D eigenvalue weighted by atomic mass is 9.67. The van der Waals surface area contributed by atoms with E-state index in [0.717, 1.165) is 19.3 Å². The summed E-state index contributed by atoms with van der Waals surface area (Å²) in [5, 5.41) is 1.85. The van der Waals surface area contributed by atoms with Crippen molar-refractivity contribution in [3.8, 4) is 0 Å². The topological polar surface area (TPSA) is 89.5 Å². The van der Waals surface area contributed by atoms with E-state index < -0.39 is 10.0 Å². The van der Waals surface area contributed by atoms with Crippen molar-refractivity contribution in [2.24, 2.45) is 5.41 Å². The van der Waals surface area contributed by atoms with Crippen molar-refractivity contribution < 1.29 is 8.42 Å². The quantitative estimate of drug-likeness (QED) is 0.881. The average molecular weight is 314 g/mol. The van der Waals surface area contributed by atoms with Crippen LogP contribution >= 0.6 is 11.3 Å². The molecule has 0 aliphatic heterocycles. The molecule has 0 amide bonds. The van der Waals surface area contributed by atoms with Crippen LogP contribution in [0.15, 0.2) is 16.6 Å². The summed E-state index contributed by atoms with van der Waals surface area (Å²) in [6, 6.07) is 0. The Morgan fingerprint density at radius 2 is 2.30 bits per heavy atom. The third-order valence-corrected chi connectivity index (χ3v) is 6.50. The van der Waals surface area contributed by atoms with Crippen LogP contribution in [0.1, 0.15) is 32.6 Å². The molecule has 0 atom stereocenters. The second kappa shape index (κ2) is 4.71. The first-order valence-electron chi connectivity index (χ1n) is 6.68. The molecule has 8 heteroatoms. The van der Waals surface area contributed by atoms with Gasteiger partial charge in [0.1, 0.15) is 0 Å². The van der Waals surface area contributed by atoms with Crippen molar-refractivity contribution in [1.29, 1.82) is 0 Å². The van der Waals surface area contributed by atoms with Gasteiger partial charge in [-0.3, -0.25) is 4.40 Å². The van der Waals surface area contributed by atoms with Crippen molar-refractivity contribution >= 4 is 32.1 Å². The fourth-order valence-corrected chi connectivity index (χ4v) is 4.84. The van der Waals surface area contributed by atoms with Gasteiger partial charge in [-0.25, -0.2) is 18.1 Å². The molecular formula is C12H18N4O2S2. The fraction of sp³-hybridized carbons (Fsp3) is 0.583. The highest BCUT2D eigenvalue weighted by Crippen LogP contribution is 2.43. The summed E-state index contributed by atoms with van der Waals surface area (Å²) >= 11 is 1.36. The van der Waals surface area contributed by atoms with E-state index in [4.69, 9.17) is 5.73 Å². The van der Waals surface area contributed by atoms with Gasteiger partial charge in [0.05, 0.1) is 0 Å². The van der Waals surface area contributed by atoms with Crippen LogP contribution in [0.3, 0.4) is 0 Å². The first-order valence-corrected chi connectivity index (χ1v) is 9.04. The number of hydrogen-bond donors (Lipinski definition) is 2. The van der Waals surface area contributed by atoms with Gasteiger partial charge in [0.2, 0.25) is 0 Å². The first-order chi connectivity index (χ1) is 9.47. The minimum atomic E-state index is -3.63. The third-order valence-electron chi connectivity index (χ3n) is 4.30. The second-order valence-corrected chi connectivity index (χ2v) is 7.94. The maximum atomic E-state index is 12.5. The summed E-state index contributed by atoms with van der Waals surface area (Å²) in [5.41, 5.74) is 5.88. The molecule has 0 saturated heterocycles. The van der Waals surface area contributed by atoms with Crippen LogP contribution in [0.25, 0.3) is 4.96 Å².